The molecule has 120 valence electrons. The zero-order valence-electron chi connectivity index (χ0n) is 13.5. The number of carbonyl (C=O) groups is 1. The van der Waals surface area contributed by atoms with Crippen molar-refractivity contribution in [3.05, 3.63) is 64.7 Å². The van der Waals surface area contributed by atoms with Crippen molar-refractivity contribution in [3.8, 4) is 5.75 Å². The maximum atomic E-state index is 12.6. The van der Waals surface area contributed by atoms with Gasteiger partial charge in [0, 0.05) is 17.0 Å². The van der Waals surface area contributed by atoms with Gasteiger partial charge >= 0.3 is 0 Å². The Labute approximate surface area is 141 Å². The molecule has 1 N–H and O–H groups in total. The fraction of sp³-hybridized carbons (Fsp3) is 0.316. The van der Waals surface area contributed by atoms with Crippen LogP contribution in [0.5, 0.6) is 5.75 Å². The molecule has 0 radical (unpaired) electrons. The number of rotatable bonds is 4. The Morgan fingerprint density at radius 1 is 1.17 bits per heavy atom. The molecule has 2 unspecified atom stereocenters. The second-order valence-corrected chi connectivity index (χ2v) is 6.94. The Kier molecular flexibility index (Phi) is 4.07. The summed E-state index contributed by atoms with van der Waals surface area (Å²) in [5.74, 6) is 0.695. The zero-order chi connectivity index (χ0) is 16.6. The van der Waals surface area contributed by atoms with Gasteiger partial charge in [0.1, 0.15) is 5.75 Å². The van der Waals surface area contributed by atoms with E-state index in [1.54, 1.807) is 25.3 Å². The van der Waals surface area contributed by atoms with E-state index in [0.717, 1.165) is 0 Å². The number of ether oxygens (including phenoxy) is 1. The Morgan fingerprint density at radius 2 is 1.87 bits per heavy atom. The summed E-state index contributed by atoms with van der Waals surface area (Å²) in [4.78, 5) is 12.6. The van der Waals surface area contributed by atoms with Crippen LogP contribution < -0.4 is 10.1 Å². The van der Waals surface area contributed by atoms with Crippen molar-refractivity contribution < 1.29 is 9.53 Å². The van der Waals surface area contributed by atoms with Crippen LogP contribution in [0.2, 0.25) is 5.02 Å². The summed E-state index contributed by atoms with van der Waals surface area (Å²) in [6.07, 6.45) is 0. The summed E-state index contributed by atoms with van der Waals surface area (Å²) < 4.78 is 5.27. The van der Waals surface area contributed by atoms with E-state index in [9.17, 15) is 4.79 Å². The fourth-order valence-corrected chi connectivity index (χ4v) is 3.44. The van der Waals surface area contributed by atoms with E-state index in [1.165, 1.54) is 5.56 Å². The summed E-state index contributed by atoms with van der Waals surface area (Å²) in [5.41, 5.74) is 1.75. The molecule has 0 spiro atoms. The molecule has 1 amide bonds. The maximum absolute atomic E-state index is 12.6. The number of amides is 1. The van der Waals surface area contributed by atoms with Crippen molar-refractivity contribution in [2.45, 2.75) is 25.8 Å². The Hall–Kier alpha value is -2.00. The third kappa shape index (κ3) is 2.93. The molecule has 2 aromatic carbocycles. The van der Waals surface area contributed by atoms with Gasteiger partial charge in [-0.3, -0.25) is 4.79 Å². The van der Waals surface area contributed by atoms with Crippen molar-refractivity contribution in [3.63, 3.8) is 0 Å². The summed E-state index contributed by atoms with van der Waals surface area (Å²) in [6, 6.07) is 15.4. The average Bonchev–Trinajstić information content (AvgIpc) is 3.08. The van der Waals surface area contributed by atoms with Crippen LogP contribution in [0.15, 0.2) is 48.5 Å². The average molecular weight is 330 g/mol. The first-order chi connectivity index (χ1) is 10.9. The predicted molar refractivity (Wildman–Crippen MR) is 92.2 cm³/mol. The third-order valence-corrected chi connectivity index (χ3v) is 4.91. The molecule has 23 heavy (non-hydrogen) atoms. The number of hydrogen-bond donors (Lipinski definition) is 1. The number of carbonyl (C=O) groups excluding carboxylic acids is 1. The van der Waals surface area contributed by atoms with Crippen LogP contribution in [-0.2, 0) is 0 Å². The van der Waals surface area contributed by atoms with Crippen molar-refractivity contribution in [2.75, 3.05) is 7.11 Å². The molecule has 1 fully saturated rings. The smallest absolute Gasteiger partial charge is 0.255 e. The minimum atomic E-state index is -0.152. The van der Waals surface area contributed by atoms with Gasteiger partial charge in [0.2, 0.25) is 0 Å². The van der Waals surface area contributed by atoms with E-state index in [4.69, 9.17) is 16.3 Å². The Bertz CT molecular complexity index is 727. The second kappa shape index (κ2) is 5.89. The highest BCUT2D eigenvalue weighted by atomic mass is 35.5. The van der Waals surface area contributed by atoms with Gasteiger partial charge < -0.3 is 10.1 Å². The van der Waals surface area contributed by atoms with E-state index in [0.29, 0.717) is 22.3 Å². The van der Waals surface area contributed by atoms with Gasteiger partial charge in [-0.05, 0) is 29.2 Å². The van der Waals surface area contributed by atoms with Gasteiger partial charge in [-0.15, -0.1) is 0 Å². The quantitative estimate of drug-likeness (QED) is 0.909. The lowest BCUT2D eigenvalue weighted by atomic mass is 10.0. The molecule has 2 aromatic rings. The zero-order valence-corrected chi connectivity index (χ0v) is 14.2. The summed E-state index contributed by atoms with van der Waals surface area (Å²) in [5, 5.41) is 3.65. The molecule has 0 heterocycles. The van der Waals surface area contributed by atoms with E-state index < -0.39 is 0 Å². The maximum Gasteiger partial charge on any atom is 0.255 e. The first-order valence-corrected chi connectivity index (χ1v) is 8.02. The van der Waals surface area contributed by atoms with Gasteiger partial charge in [0.25, 0.3) is 5.91 Å². The van der Waals surface area contributed by atoms with Crippen LogP contribution in [0, 0.1) is 5.41 Å². The number of nitrogens with one attached hydrogen (secondary N) is 1. The topological polar surface area (TPSA) is 38.3 Å². The molecule has 0 saturated heterocycles. The highest BCUT2D eigenvalue weighted by Crippen LogP contribution is 2.58. The van der Waals surface area contributed by atoms with Crippen molar-refractivity contribution in [2.24, 2.45) is 5.41 Å². The lowest BCUT2D eigenvalue weighted by molar-refractivity contribution is 0.0943. The van der Waals surface area contributed by atoms with Gasteiger partial charge in [-0.2, -0.15) is 0 Å². The normalized spacial score (nSPS) is 21.6. The molecule has 4 heteroatoms. The third-order valence-electron chi connectivity index (χ3n) is 4.68. The molecule has 1 aliphatic carbocycles. The molecule has 1 aliphatic rings. The highest BCUT2D eigenvalue weighted by molar-refractivity contribution is 6.31. The first kappa shape index (κ1) is 15.9. The summed E-state index contributed by atoms with van der Waals surface area (Å²) in [7, 11) is 1.55. The van der Waals surface area contributed by atoms with E-state index in [-0.39, 0.29) is 17.4 Å². The van der Waals surface area contributed by atoms with Crippen molar-refractivity contribution >= 4 is 17.5 Å². The molecule has 1 saturated carbocycles. The molecule has 0 aliphatic heterocycles. The van der Waals surface area contributed by atoms with Gasteiger partial charge in [-0.25, -0.2) is 0 Å². The van der Waals surface area contributed by atoms with Gasteiger partial charge in [0.05, 0.1) is 12.7 Å². The van der Waals surface area contributed by atoms with Crippen LogP contribution in [-0.4, -0.2) is 19.1 Å². The standard InChI is InChI=1S/C19H20ClNO2/c1-19(2)16(12-7-5-4-6-8-12)17(19)21-18(22)14-11-13(20)9-10-15(14)23-3/h4-11,16-17H,1-3H3,(H,21,22). The number of halogens is 1. The van der Waals surface area contributed by atoms with Gasteiger partial charge in [-0.1, -0.05) is 55.8 Å². The Balaban J connectivity index is 1.80. The number of methoxy groups -OCH3 is 1. The van der Waals surface area contributed by atoms with Crippen molar-refractivity contribution in [1.82, 2.24) is 5.32 Å². The second-order valence-electron chi connectivity index (χ2n) is 6.51. The molecule has 0 bridgehead atoms. The highest BCUT2D eigenvalue weighted by Gasteiger charge is 2.59. The molecule has 3 nitrogen and oxygen atoms in total. The largest absolute Gasteiger partial charge is 0.496 e. The van der Waals surface area contributed by atoms with Crippen molar-refractivity contribution in [1.29, 1.82) is 0 Å². The van der Waals surface area contributed by atoms with Crippen LogP contribution in [0.3, 0.4) is 0 Å². The van der Waals surface area contributed by atoms with E-state index in [2.05, 4.69) is 31.3 Å². The lowest BCUT2D eigenvalue weighted by Gasteiger charge is -2.10. The fourth-order valence-electron chi connectivity index (χ4n) is 3.27. The molecular weight excluding hydrogens is 310 g/mol. The minimum absolute atomic E-state index is 0.0306. The minimum Gasteiger partial charge on any atom is -0.496 e. The molecular formula is C19H20ClNO2. The molecule has 2 atom stereocenters. The lowest BCUT2D eigenvalue weighted by Crippen LogP contribution is -2.29. The van der Waals surface area contributed by atoms with Crippen LogP contribution in [0.25, 0.3) is 0 Å². The summed E-state index contributed by atoms with van der Waals surface area (Å²) >= 11 is 6.02. The van der Waals surface area contributed by atoms with Crippen LogP contribution in [0.4, 0.5) is 0 Å². The summed E-state index contributed by atoms with van der Waals surface area (Å²) in [6.45, 7) is 4.34. The van der Waals surface area contributed by atoms with Crippen LogP contribution in [0.1, 0.15) is 35.7 Å². The first-order valence-electron chi connectivity index (χ1n) is 7.64. The number of hydrogen-bond acceptors (Lipinski definition) is 2. The van der Waals surface area contributed by atoms with Gasteiger partial charge in [0.15, 0.2) is 0 Å². The predicted octanol–water partition coefficient (Wildman–Crippen LogP) is 4.27. The number of benzene rings is 2. The van der Waals surface area contributed by atoms with Crippen LogP contribution >= 0.6 is 11.6 Å². The van der Waals surface area contributed by atoms with E-state index >= 15 is 0 Å². The monoisotopic (exact) mass is 329 g/mol. The Morgan fingerprint density at radius 3 is 2.52 bits per heavy atom. The van der Waals surface area contributed by atoms with E-state index in [1.807, 2.05) is 18.2 Å². The molecule has 3 rings (SSSR count). The SMILES string of the molecule is COc1ccc(Cl)cc1C(=O)NC1C(c2ccccc2)C1(C)C. The molecule has 0 aromatic heterocycles.